The van der Waals surface area contributed by atoms with E-state index in [4.69, 9.17) is 4.74 Å². The minimum absolute atomic E-state index is 0.0125. The maximum Gasteiger partial charge on any atom is 0.272 e. The second-order valence-electron chi connectivity index (χ2n) is 6.86. The molecule has 7 heteroatoms. The van der Waals surface area contributed by atoms with Crippen LogP contribution in [0.1, 0.15) is 53.8 Å². The number of hydrogen-bond donors (Lipinski definition) is 2. The molecule has 7 nitrogen and oxygen atoms in total. The molecule has 2 aliphatic rings. The van der Waals surface area contributed by atoms with Gasteiger partial charge in [-0.1, -0.05) is 6.42 Å². The van der Waals surface area contributed by atoms with Gasteiger partial charge in [0.05, 0.1) is 6.10 Å². The van der Waals surface area contributed by atoms with Gasteiger partial charge in [-0.2, -0.15) is 5.10 Å². The zero-order valence-electron chi connectivity index (χ0n) is 14.4. The molecule has 0 radical (unpaired) electrons. The Morgan fingerprint density at radius 1 is 1.25 bits per heavy atom. The van der Waals surface area contributed by atoms with E-state index in [2.05, 4.69) is 15.5 Å². The van der Waals surface area contributed by atoms with Crippen LogP contribution in [0.3, 0.4) is 0 Å². The molecule has 1 aliphatic carbocycles. The molecule has 1 saturated heterocycles. The number of aryl methyl sites for hydroxylation is 1. The van der Waals surface area contributed by atoms with Gasteiger partial charge in [-0.05, 0) is 38.5 Å². The van der Waals surface area contributed by atoms with Crippen LogP contribution in [0.15, 0.2) is 0 Å². The van der Waals surface area contributed by atoms with E-state index in [0.29, 0.717) is 18.7 Å². The predicted molar refractivity (Wildman–Crippen MR) is 88.8 cm³/mol. The predicted octanol–water partition coefficient (Wildman–Crippen LogP) is 1.04. The summed E-state index contributed by atoms with van der Waals surface area (Å²) in [4.78, 5) is 25.9. The Bertz CT molecular complexity index is 611. The summed E-state index contributed by atoms with van der Waals surface area (Å²) in [7, 11) is 3.45. The molecule has 3 rings (SSSR count). The van der Waals surface area contributed by atoms with E-state index in [0.717, 1.165) is 43.4 Å². The summed E-state index contributed by atoms with van der Waals surface area (Å²) in [6.45, 7) is 0.414. The second kappa shape index (κ2) is 7.34. The normalized spacial score (nSPS) is 23.4. The molecule has 1 aromatic heterocycles. The number of likely N-dealkylation sites (N-methyl/N-ethyl adjacent to an activating group) is 1. The zero-order chi connectivity index (χ0) is 17.1. The third-order valence-electron chi connectivity index (χ3n) is 4.84. The number of nitrogens with one attached hydrogen (secondary N) is 2. The summed E-state index contributed by atoms with van der Waals surface area (Å²) >= 11 is 0. The van der Waals surface area contributed by atoms with Crippen molar-refractivity contribution in [2.24, 2.45) is 0 Å². The molecule has 1 fully saturated rings. The van der Waals surface area contributed by atoms with Crippen molar-refractivity contribution in [2.75, 3.05) is 20.6 Å². The van der Waals surface area contributed by atoms with Crippen molar-refractivity contribution >= 4 is 11.8 Å². The van der Waals surface area contributed by atoms with Gasteiger partial charge in [0.2, 0.25) is 0 Å². The Balaban J connectivity index is 1.53. The number of ether oxygens (including phenoxy) is 1. The average molecular weight is 334 g/mol. The molecular formula is C17H26N4O3. The van der Waals surface area contributed by atoms with Crippen molar-refractivity contribution in [3.8, 4) is 0 Å². The van der Waals surface area contributed by atoms with E-state index in [1.807, 2.05) is 0 Å². The topological polar surface area (TPSA) is 87.3 Å². The number of amides is 2. The number of nitrogens with zero attached hydrogens (tertiary/aromatic N) is 2. The molecule has 1 aliphatic heterocycles. The fourth-order valence-electron chi connectivity index (χ4n) is 3.46. The number of carbonyl (C=O) groups is 2. The molecule has 2 N–H and O–H groups in total. The molecule has 0 saturated carbocycles. The molecule has 2 heterocycles. The summed E-state index contributed by atoms with van der Waals surface area (Å²) < 4.78 is 5.75. The van der Waals surface area contributed by atoms with Gasteiger partial charge in [0.1, 0.15) is 6.10 Å². The van der Waals surface area contributed by atoms with Crippen LogP contribution >= 0.6 is 0 Å². The maximum absolute atomic E-state index is 12.4. The molecule has 24 heavy (non-hydrogen) atoms. The number of aromatic amines is 1. The minimum Gasteiger partial charge on any atom is -0.363 e. The fraction of sp³-hybridized carbons (Fsp3) is 0.706. The molecule has 0 unspecified atom stereocenters. The van der Waals surface area contributed by atoms with Crippen LogP contribution in [0, 0.1) is 0 Å². The third-order valence-corrected chi connectivity index (χ3v) is 4.84. The van der Waals surface area contributed by atoms with Crippen LogP contribution in [0.25, 0.3) is 0 Å². The van der Waals surface area contributed by atoms with Gasteiger partial charge in [0.25, 0.3) is 11.8 Å². The fourth-order valence-corrected chi connectivity index (χ4v) is 3.46. The minimum atomic E-state index is -0.386. The molecule has 1 aromatic rings. The van der Waals surface area contributed by atoms with Crippen molar-refractivity contribution in [1.29, 1.82) is 0 Å². The summed E-state index contributed by atoms with van der Waals surface area (Å²) in [5.74, 6) is -0.165. The van der Waals surface area contributed by atoms with Crippen LogP contribution in [0.5, 0.6) is 0 Å². The number of aromatic nitrogens is 2. The standard InChI is InChI=1S/C17H26N4O3/c1-21(2)17(23)14-9-8-11(24-14)10-18-16(22)15-12-6-4-3-5-7-13(12)19-20-15/h11,14H,3-10H2,1-2H3,(H,18,22)(H,19,20)/t11-,14-/m0/s1. The van der Waals surface area contributed by atoms with Gasteiger partial charge in [-0.15, -0.1) is 0 Å². The first-order valence-electron chi connectivity index (χ1n) is 8.77. The molecule has 0 spiro atoms. The van der Waals surface area contributed by atoms with Crippen molar-refractivity contribution in [3.05, 3.63) is 17.0 Å². The van der Waals surface area contributed by atoms with Gasteiger partial charge in [-0.3, -0.25) is 14.7 Å². The number of rotatable bonds is 4. The lowest BCUT2D eigenvalue weighted by molar-refractivity contribution is -0.140. The Hall–Kier alpha value is -1.89. The van der Waals surface area contributed by atoms with E-state index < -0.39 is 0 Å². The molecule has 132 valence electrons. The highest BCUT2D eigenvalue weighted by Gasteiger charge is 2.32. The number of fused-ring (bicyclic) bond motifs is 1. The Kier molecular flexibility index (Phi) is 5.18. The van der Waals surface area contributed by atoms with Crippen molar-refractivity contribution in [3.63, 3.8) is 0 Å². The van der Waals surface area contributed by atoms with Gasteiger partial charge in [0, 0.05) is 31.9 Å². The van der Waals surface area contributed by atoms with E-state index in [-0.39, 0.29) is 24.0 Å². The molecule has 2 atom stereocenters. The number of H-pyrrole nitrogens is 1. The van der Waals surface area contributed by atoms with E-state index in [9.17, 15) is 9.59 Å². The average Bonchev–Trinajstić information content (AvgIpc) is 3.13. The number of carbonyl (C=O) groups excluding carboxylic acids is 2. The molecule has 0 bridgehead atoms. The zero-order valence-corrected chi connectivity index (χ0v) is 14.4. The van der Waals surface area contributed by atoms with Crippen LogP contribution in [0.2, 0.25) is 0 Å². The monoisotopic (exact) mass is 334 g/mol. The highest BCUT2D eigenvalue weighted by Crippen LogP contribution is 2.23. The maximum atomic E-state index is 12.4. The summed E-state index contributed by atoms with van der Waals surface area (Å²) in [6.07, 6.45) is 6.31. The van der Waals surface area contributed by atoms with Crippen LogP contribution in [-0.4, -0.2) is 59.8 Å². The second-order valence-corrected chi connectivity index (χ2v) is 6.86. The van der Waals surface area contributed by atoms with Crippen molar-refractivity contribution in [1.82, 2.24) is 20.4 Å². The van der Waals surface area contributed by atoms with Crippen LogP contribution in [-0.2, 0) is 22.4 Å². The Morgan fingerprint density at radius 2 is 2.04 bits per heavy atom. The van der Waals surface area contributed by atoms with Crippen LogP contribution < -0.4 is 5.32 Å². The lowest BCUT2D eigenvalue weighted by atomic mass is 10.1. The van der Waals surface area contributed by atoms with Crippen molar-refractivity contribution < 1.29 is 14.3 Å². The lowest BCUT2D eigenvalue weighted by Crippen LogP contribution is -2.36. The lowest BCUT2D eigenvalue weighted by Gasteiger charge is -2.17. The summed E-state index contributed by atoms with van der Waals surface area (Å²) in [5.41, 5.74) is 2.69. The quantitative estimate of drug-likeness (QED) is 0.806. The van der Waals surface area contributed by atoms with Gasteiger partial charge < -0.3 is 15.0 Å². The molecular weight excluding hydrogens is 308 g/mol. The highest BCUT2D eigenvalue weighted by atomic mass is 16.5. The molecule has 0 aromatic carbocycles. The van der Waals surface area contributed by atoms with E-state index in [1.54, 1.807) is 19.0 Å². The highest BCUT2D eigenvalue weighted by molar-refractivity contribution is 5.94. The van der Waals surface area contributed by atoms with Crippen molar-refractivity contribution in [2.45, 2.75) is 57.2 Å². The SMILES string of the molecule is CN(C)C(=O)[C@@H]1CC[C@@H](CNC(=O)c2n[nH]c3c2CCCCC3)O1. The summed E-state index contributed by atoms with van der Waals surface area (Å²) in [6, 6.07) is 0. The number of hydrogen-bond acceptors (Lipinski definition) is 4. The van der Waals surface area contributed by atoms with Gasteiger partial charge in [-0.25, -0.2) is 0 Å². The Labute approximate surface area is 142 Å². The Morgan fingerprint density at radius 3 is 2.83 bits per heavy atom. The summed E-state index contributed by atoms with van der Waals surface area (Å²) in [5, 5.41) is 10.1. The van der Waals surface area contributed by atoms with Gasteiger partial charge in [0.15, 0.2) is 5.69 Å². The smallest absolute Gasteiger partial charge is 0.272 e. The van der Waals surface area contributed by atoms with Crippen LogP contribution in [0.4, 0.5) is 0 Å². The van der Waals surface area contributed by atoms with E-state index >= 15 is 0 Å². The largest absolute Gasteiger partial charge is 0.363 e. The first-order valence-corrected chi connectivity index (χ1v) is 8.77. The molecule has 2 amide bonds. The van der Waals surface area contributed by atoms with E-state index in [1.165, 1.54) is 6.42 Å². The first kappa shape index (κ1) is 17.0. The first-order chi connectivity index (χ1) is 11.6. The van der Waals surface area contributed by atoms with Gasteiger partial charge >= 0.3 is 0 Å². The third kappa shape index (κ3) is 3.61.